The minimum atomic E-state index is -3.86. The number of anilines is 1. The first-order valence-electron chi connectivity index (χ1n) is 9.94. The number of carbonyl (C=O) groups is 2. The van der Waals surface area contributed by atoms with Gasteiger partial charge in [0.25, 0.3) is 0 Å². The zero-order valence-electron chi connectivity index (χ0n) is 17.1. The molecule has 1 saturated heterocycles. The predicted molar refractivity (Wildman–Crippen MR) is 114 cm³/mol. The quantitative estimate of drug-likeness (QED) is 0.711. The van der Waals surface area contributed by atoms with Crippen molar-refractivity contribution in [1.29, 1.82) is 0 Å². The van der Waals surface area contributed by atoms with Crippen LogP contribution in [0, 0.1) is 5.92 Å². The number of aryl methyl sites for hydroxylation is 1. The molecule has 0 saturated carbocycles. The van der Waals surface area contributed by atoms with E-state index in [-0.39, 0.29) is 35.4 Å². The molecule has 0 bridgehead atoms. The van der Waals surface area contributed by atoms with Crippen molar-refractivity contribution < 1.29 is 22.7 Å². The van der Waals surface area contributed by atoms with Crippen molar-refractivity contribution in [2.75, 3.05) is 25.5 Å². The molecule has 1 N–H and O–H groups in total. The third-order valence-corrected chi connectivity index (χ3v) is 7.29. The van der Waals surface area contributed by atoms with E-state index in [1.807, 2.05) is 24.3 Å². The summed E-state index contributed by atoms with van der Waals surface area (Å²) < 4.78 is 32.2. The molecular weight excluding hydrogens is 404 g/mol. The lowest BCUT2D eigenvalue weighted by atomic mass is 9.97. The summed E-state index contributed by atoms with van der Waals surface area (Å²) in [6.07, 6.45) is 1.71. The lowest BCUT2D eigenvalue weighted by Gasteiger charge is -2.31. The van der Waals surface area contributed by atoms with Crippen LogP contribution < -0.4 is 5.32 Å². The lowest BCUT2D eigenvalue weighted by Crippen LogP contribution is -2.41. The highest BCUT2D eigenvalue weighted by Gasteiger charge is 2.34. The number of ether oxygens (including phenoxy) is 1. The number of esters is 1. The van der Waals surface area contributed by atoms with Crippen LogP contribution in [0.4, 0.5) is 5.69 Å². The molecule has 1 heterocycles. The molecule has 160 valence electrons. The van der Waals surface area contributed by atoms with Gasteiger partial charge in [0.1, 0.15) is 0 Å². The summed E-state index contributed by atoms with van der Waals surface area (Å²) in [6.45, 7) is 2.48. The van der Waals surface area contributed by atoms with Gasteiger partial charge in [0.15, 0.2) is 0 Å². The molecule has 7 nitrogen and oxygen atoms in total. The molecule has 1 fully saturated rings. The first-order chi connectivity index (χ1) is 14.4. The first kappa shape index (κ1) is 22.0. The fraction of sp³-hybridized carbons (Fsp3) is 0.364. The second-order valence-corrected chi connectivity index (χ2v) is 9.12. The number of piperidine rings is 1. The Morgan fingerprint density at radius 1 is 1.10 bits per heavy atom. The number of hydrogen-bond donors (Lipinski definition) is 1. The molecule has 1 aliphatic heterocycles. The van der Waals surface area contributed by atoms with Crippen molar-refractivity contribution in [2.45, 2.75) is 31.1 Å². The van der Waals surface area contributed by atoms with Crippen molar-refractivity contribution in [2.24, 2.45) is 5.92 Å². The van der Waals surface area contributed by atoms with Crippen molar-refractivity contribution in [3.63, 3.8) is 0 Å². The zero-order valence-corrected chi connectivity index (χ0v) is 17.9. The predicted octanol–water partition coefficient (Wildman–Crippen LogP) is 3.08. The van der Waals surface area contributed by atoms with Gasteiger partial charge in [-0.2, -0.15) is 4.31 Å². The molecule has 0 unspecified atom stereocenters. The van der Waals surface area contributed by atoms with Gasteiger partial charge in [-0.05, 0) is 49.1 Å². The van der Waals surface area contributed by atoms with E-state index in [1.165, 1.54) is 23.5 Å². The van der Waals surface area contributed by atoms with Crippen LogP contribution in [0.3, 0.4) is 0 Å². The highest BCUT2D eigenvalue weighted by molar-refractivity contribution is 7.89. The largest absolute Gasteiger partial charge is 0.465 e. The Balaban J connectivity index is 1.68. The van der Waals surface area contributed by atoms with Crippen molar-refractivity contribution in [3.05, 3.63) is 59.7 Å². The number of methoxy groups -OCH3 is 1. The third-order valence-electron chi connectivity index (χ3n) is 5.34. The van der Waals surface area contributed by atoms with Crippen molar-refractivity contribution in [1.82, 2.24) is 4.31 Å². The number of nitrogens with one attached hydrogen (secondary N) is 1. The molecule has 0 aromatic heterocycles. The number of sulfonamides is 1. The molecule has 3 rings (SSSR count). The maximum Gasteiger partial charge on any atom is 0.339 e. The van der Waals surface area contributed by atoms with E-state index in [4.69, 9.17) is 4.74 Å². The number of amides is 1. The average molecular weight is 431 g/mol. The summed E-state index contributed by atoms with van der Waals surface area (Å²) in [5.74, 6) is -1.06. The van der Waals surface area contributed by atoms with Gasteiger partial charge in [0.05, 0.1) is 17.6 Å². The smallest absolute Gasteiger partial charge is 0.339 e. The van der Waals surface area contributed by atoms with Crippen molar-refractivity contribution in [3.8, 4) is 0 Å². The average Bonchev–Trinajstić information content (AvgIpc) is 2.78. The standard InChI is InChI=1S/C22H26N2O5S/c1-3-16-7-6-8-18(15-16)23-21(25)17-11-13-24(14-12-17)30(27,28)20-10-5-4-9-19(20)22(26)29-2/h4-10,15,17H,3,11-14H2,1-2H3,(H,23,25). The number of rotatable bonds is 6. The van der Waals surface area contributed by atoms with Crippen LogP contribution in [-0.2, 0) is 26.0 Å². The second-order valence-electron chi connectivity index (χ2n) is 7.21. The molecule has 8 heteroatoms. The Morgan fingerprint density at radius 2 is 1.80 bits per heavy atom. The molecule has 1 aliphatic rings. The van der Waals surface area contributed by atoms with Gasteiger partial charge in [0.2, 0.25) is 15.9 Å². The highest BCUT2D eigenvalue weighted by Crippen LogP contribution is 2.27. The fourth-order valence-electron chi connectivity index (χ4n) is 3.58. The lowest BCUT2D eigenvalue weighted by molar-refractivity contribution is -0.120. The molecule has 30 heavy (non-hydrogen) atoms. The number of nitrogens with zero attached hydrogens (tertiary/aromatic N) is 1. The molecular formula is C22H26N2O5S. The Kier molecular flexibility index (Phi) is 6.89. The molecule has 0 atom stereocenters. The van der Waals surface area contributed by atoms with E-state index >= 15 is 0 Å². The van der Waals surface area contributed by atoms with E-state index in [0.717, 1.165) is 17.7 Å². The molecule has 2 aromatic rings. The maximum absolute atomic E-state index is 13.1. The van der Waals surface area contributed by atoms with E-state index in [2.05, 4.69) is 12.2 Å². The Labute approximate surface area is 177 Å². The monoisotopic (exact) mass is 430 g/mol. The van der Waals surface area contributed by atoms with Gasteiger partial charge in [-0.3, -0.25) is 4.79 Å². The van der Waals surface area contributed by atoms with Gasteiger partial charge < -0.3 is 10.1 Å². The van der Waals surface area contributed by atoms with Gasteiger partial charge in [-0.25, -0.2) is 13.2 Å². The van der Waals surface area contributed by atoms with E-state index in [0.29, 0.717) is 12.8 Å². The minimum absolute atomic E-state index is 0.00988. The Hall–Kier alpha value is -2.71. The summed E-state index contributed by atoms with van der Waals surface area (Å²) in [6, 6.07) is 13.7. The molecule has 1 amide bonds. The molecule has 2 aromatic carbocycles. The summed E-state index contributed by atoms with van der Waals surface area (Å²) in [7, 11) is -2.65. The summed E-state index contributed by atoms with van der Waals surface area (Å²) in [5, 5.41) is 2.94. The second kappa shape index (κ2) is 9.40. The fourth-order valence-corrected chi connectivity index (χ4v) is 5.23. The number of hydrogen-bond acceptors (Lipinski definition) is 5. The van der Waals surface area contributed by atoms with E-state index in [1.54, 1.807) is 12.1 Å². The van der Waals surface area contributed by atoms with Gasteiger partial charge in [0, 0.05) is 24.7 Å². The number of carbonyl (C=O) groups excluding carboxylic acids is 2. The molecule has 0 spiro atoms. The zero-order chi connectivity index (χ0) is 21.7. The number of benzene rings is 2. The first-order valence-corrected chi connectivity index (χ1v) is 11.4. The summed E-state index contributed by atoms with van der Waals surface area (Å²) >= 11 is 0. The summed E-state index contributed by atoms with van der Waals surface area (Å²) in [5.41, 5.74) is 1.90. The third kappa shape index (κ3) is 4.71. The van der Waals surface area contributed by atoms with E-state index < -0.39 is 16.0 Å². The van der Waals surface area contributed by atoms with Crippen LogP contribution in [0.1, 0.15) is 35.7 Å². The van der Waals surface area contributed by atoms with Crippen LogP contribution >= 0.6 is 0 Å². The van der Waals surface area contributed by atoms with E-state index in [9.17, 15) is 18.0 Å². The topological polar surface area (TPSA) is 92.8 Å². The van der Waals surface area contributed by atoms with Crippen molar-refractivity contribution >= 4 is 27.6 Å². The summed E-state index contributed by atoms with van der Waals surface area (Å²) in [4.78, 5) is 24.5. The SMILES string of the molecule is CCc1cccc(NC(=O)C2CCN(S(=O)(=O)c3ccccc3C(=O)OC)CC2)c1. The Morgan fingerprint density at radius 3 is 2.47 bits per heavy atom. The maximum atomic E-state index is 13.1. The van der Waals surface area contributed by atoms with Gasteiger partial charge in [-0.15, -0.1) is 0 Å². The van der Waals surface area contributed by atoms with Crippen LogP contribution in [0.5, 0.6) is 0 Å². The molecule has 0 radical (unpaired) electrons. The van der Waals surface area contributed by atoms with Crippen LogP contribution in [0.15, 0.2) is 53.4 Å². The highest BCUT2D eigenvalue weighted by atomic mass is 32.2. The van der Waals surface area contributed by atoms with Crippen LogP contribution in [-0.4, -0.2) is 44.8 Å². The molecule has 0 aliphatic carbocycles. The Bertz CT molecular complexity index is 1030. The van der Waals surface area contributed by atoms with Gasteiger partial charge in [-0.1, -0.05) is 31.2 Å². The van der Waals surface area contributed by atoms with Crippen LogP contribution in [0.25, 0.3) is 0 Å². The van der Waals surface area contributed by atoms with Crippen LogP contribution in [0.2, 0.25) is 0 Å². The normalized spacial score (nSPS) is 15.5. The minimum Gasteiger partial charge on any atom is -0.465 e. The van der Waals surface area contributed by atoms with Gasteiger partial charge >= 0.3 is 5.97 Å².